The molecular formula is C18H26N3O+. The van der Waals surface area contributed by atoms with E-state index in [9.17, 15) is 4.79 Å². The lowest BCUT2D eigenvalue weighted by Crippen LogP contribution is -2.87. The molecule has 2 atom stereocenters. The maximum absolute atomic E-state index is 13.3. The maximum atomic E-state index is 13.3. The predicted molar refractivity (Wildman–Crippen MR) is 86.4 cm³/mol. The van der Waals surface area contributed by atoms with Crippen LogP contribution in [0.25, 0.3) is 0 Å². The average molecular weight is 300 g/mol. The summed E-state index contributed by atoms with van der Waals surface area (Å²) in [5, 5.41) is 0. The first-order valence-corrected chi connectivity index (χ1v) is 8.50. The van der Waals surface area contributed by atoms with Crippen molar-refractivity contribution in [1.29, 1.82) is 0 Å². The smallest absolute Gasteiger partial charge is 0.307 e. The zero-order valence-electron chi connectivity index (χ0n) is 13.6. The van der Waals surface area contributed by atoms with Crippen molar-refractivity contribution >= 4 is 11.6 Å². The third-order valence-electron chi connectivity index (χ3n) is 6.46. The number of fused-ring (bicyclic) bond motifs is 3. The zero-order valence-corrected chi connectivity index (χ0v) is 13.6. The fraction of sp³-hybridized carbons (Fsp3) is 0.611. The van der Waals surface area contributed by atoms with Crippen LogP contribution in [0.4, 0.5) is 5.69 Å². The molecule has 4 rings (SSSR count). The quantitative estimate of drug-likeness (QED) is 0.854. The number of anilines is 1. The van der Waals surface area contributed by atoms with Gasteiger partial charge in [0, 0.05) is 25.3 Å². The van der Waals surface area contributed by atoms with Crippen LogP contribution in [-0.2, 0) is 10.2 Å². The summed E-state index contributed by atoms with van der Waals surface area (Å²) in [5.41, 5.74) is 6.00. The second kappa shape index (κ2) is 4.48. The van der Waals surface area contributed by atoms with Crippen LogP contribution < -0.4 is 10.6 Å². The van der Waals surface area contributed by atoms with Crippen molar-refractivity contribution in [3.05, 3.63) is 29.8 Å². The minimum absolute atomic E-state index is 0.215. The molecule has 2 fully saturated rings. The van der Waals surface area contributed by atoms with Crippen LogP contribution >= 0.6 is 0 Å². The van der Waals surface area contributed by atoms with Crippen LogP contribution in [0.15, 0.2) is 24.3 Å². The van der Waals surface area contributed by atoms with Gasteiger partial charge in [-0.2, -0.15) is 0 Å². The Morgan fingerprint density at radius 2 is 1.86 bits per heavy atom. The van der Waals surface area contributed by atoms with Gasteiger partial charge in [-0.15, -0.1) is 0 Å². The van der Waals surface area contributed by atoms with Gasteiger partial charge in [0.2, 0.25) is 0 Å². The van der Waals surface area contributed by atoms with Crippen molar-refractivity contribution in [1.82, 2.24) is 4.90 Å². The first-order chi connectivity index (χ1) is 10.5. The van der Waals surface area contributed by atoms with E-state index in [1.54, 1.807) is 0 Å². The highest BCUT2D eigenvalue weighted by molar-refractivity contribution is 5.96. The summed E-state index contributed by atoms with van der Waals surface area (Å²) in [6, 6.07) is 8.84. The van der Waals surface area contributed by atoms with Crippen molar-refractivity contribution in [2.75, 3.05) is 18.5 Å². The van der Waals surface area contributed by atoms with Crippen LogP contribution in [-0.4, -0.2) is 36.1 Å². The van der Waals surface area contributed by atoms with Crippen LogP contribution in [0, 0.1) is 0 Å². The molecule has 1 aromatic rings. The number of benzene rings is 1. The van der Waals surface area contributed by atoms with Gasteiger partial charge >= 0.3 is 5.91 Å². The van der Waals surface area contributed by atoms with Crippen LogP contribution in [0.5, 0.6) is 0 Å². The Bertz CT molecular complexity index is 625. The van der Waals surface area contributed by atoms with Gasteiger partial charge in [-0.1, -0.05) is 37.5 Å². The highest BCUT2D eigenvalue weighted by atomic mass is 16.2. The van der Waals surface area contributed by atoms with E-state index < -0.39 is 5.66 Å². The number of rotatable bonds is 1. The Kier molecular flexibility index (Phi) is 2.86. The molecule has 4 heteroatoms. The second-order valence-electron chi connectivity index (χ2n) is 7.49. The largest absolute Gasteiger partial charge is 0.331 e. The number of hydrogen-bond acceptors (Lipinski definition) is 2. The number of quaternary nitrogens is 1. The molecule has 3 N–H and O–H groups in total. The molecule has 1 saturated carbocycles. The van der Waals surface area contributed by atoms with Crippen LogP contribution in [0.2, 0.25) is 0 Å². The van der Waals surface area contributed by atoms with Gasteiger partial charge in [0.25, 0.3) is 5.66 Å². The fourth-order valence-corrected chi connectivity index (χ4v) is 4.96. The Morgan fingerprint density at radius 3 is 2.59 bits per heavy atom. The summed E-state index contributed by atoms with van der Waals surface area (Å²) >= 11 is 0. The number of nitrogens with zero attached hydrogens (tertiary/aromatic N) is 2. The van der Waals surface area contributed by atoms with Gasteiger partial charge in [-0.25, -0.2) is 0 Å². The lowest BCUT2D eigenvalue weighted by atomic mass is 9.77. The maximum Gasteiger partial charge on any atom is 0.307 e. The highest BCUT2D eigenvalue weighted by Crippen LogP contribution is 2.53. The third-order valence-corrected chi connectivity index (χ3v) is 6.46. The monoisotopic (exact) mass is 300 g/mol. The van der Waals surface area contributed by atoms with E-state index >= 15 is 0 Å². The van der Waals surface area contributed by atoms with Crippen molar-refractivity contribution < 1.29 is 10.5 Å². The van der Waals surface area contributed by atoms with Gasteiger partial charge in [-0.3, -0.25) is 4.79 Å². The van der Waals surface area contributed by atoms with E-state index in [0.717, 1.165) is 25.1 Å². The standard InChI is InChI=1S/C18H25N3O/c1-17-12-21(13-8-4-3-5-9-13)16(22)18(17,19)20(2)15-11-7-6-10-14(15)17/h6-7,10-11,13H,3-5,8-9,12,19H2,1-2H3/p+1/t17-,18+/m0/s1. The Morgan fingerprint density at radius 1 is 1.18 bits per heavy atom. The Labute approximate surface area is 132 Å². The topological polar surface area (TPSA) is 51.2 Å². The summed E-state index contributed by atoms with van der Waals surface area (Å²) in [6.07, 6.45) is 6.13. The molecule has 4 nitrogen and oxygen atoms in total. The van der Waals surface area contributed by atoms with Crippen molar-refractivity contribution in [2.24, 2.45) is 0 Å². The SMILES string of the molecule is CN1c2ccccc2[C@]2(C)CN(C3CCCCC3)C(=O)[C@@]12[NH3+]. The molecule has 0 unspecified atom stereocenters. The fourth-order valence-electron chi connectivity index (χ4n) is 4.96. The van der Waals surface area contributed by atoms with E-state index in [4.69, 9.17) is 0 Å². The van der Waals surface area contributed by atoms with Crippen LogP contribution in [0.3, 0.4) is 0 Å². The normalized spacial score (nSPS) is 35.0. The summed E-state index contributed by atoms with van der Waals surface area (Å²) < 4.78 is 0. The van der Waals surface area contributed by atoms with Crippen molar-refractivity contribution in [2.45, 2.75) is 56.1 Å². The third kappa shape index (κ3) is 1.49. The van der Waals surface area contributed by atoms with Crippen LogP contribution in [0.1, 0.15) is 44.6 Å². The van der Waals surface area contributed by atoms with E-state index in [1.165, 1.54) is 24.8 Å². The minimum Gasteiger partial charge on any atom is -0.331 e. The molecule has 2 heterocycles. The molecule has 3 aliphatic rings. The molecule has 1 aliphatic carbocycles. The predicted octanol–water partition coefficient (Wildman–Crippen LogP) is 1.51. The molecule has 0 radical (unpaired) electrons. The van der Waals surface area contributed by atoms with E-state index in [0.29, 0.717) is 6.04 Å². The number of carbonyl (C=O) groups excluding carboxylic acids is 1. The molecule has 1 saturated heterocycles. The summed E-state index contributed by atoms with van der Waals surface area (Å²) in [7, 11) is 2.03. The Hall–Kier alpha value is -1.55. The number of likely N-dealkylation sites (N-methyl/N-ethyl adjacent to an activating group) is 1. The average Bonchev–Trinajstić information content (AvgIpc) is 2.87. The molecule has 0 spiro atoms. The number of hydrogen-bond donors (Lipinski definition) is 1. The van der Waals surface area contributed by atoms with Crippen molar-refractivity contribution in [3.8, 4) is 0 Å². The van der Waals surface area contributed by atoms with Gasteiger partial charge in [0.05, 0.1) is 5.41 Å². The lowest BCUT2D eigenvalue weighted by molar-refractivity contribution is -0.466. The number of para-hydroxylation sites is 1. The van der Waals surface area contributed by atoms with Gasteiger partial charge in [0.1, 0.15) is 0 Å². The number of likely N-dealkylation sites (tertiary alicyclic amines) is 1. The van der Waals surface area contributed by atoms with Gasteiger partial charge in [0.15, 0.2) is 0 Å². The number of carbonyl (C=O) groups is 1. The lowest BCUT2D eigenvalue weighted by Gasteiger charge is -2.33. The molecule has 118 valence electrons. The molecule has 1 aromatic carbocycles. The minimum atomic E-state index is -0.686. The zero-order chi connectivity index (χ0) is 15.5. The molecular weight excluding hydrogens is 274 g/mol. The first-order valence-electron chi connectivity index (χ1n) is 8.50. The molecule has 2 aliphatic heterocycles. The van der Waals surface area contributed by atoms with E-state index in [2.05, 4.69) is 40.7 Å². The first kappa shape index (κ1) is 14.1. The molecule has 0 aromatic heterocycles. The van der Waals surface area contributed by atoms with E-state index in [1.807, 2.05) is 13.1 Å². The Balaban J connectivity index is 1.78. The molecule has 1 amide bonds. The van der Waals surface area contributed by atoms with Gasteiger partial charge < -0.3 is 15.5 Å². The molecule has 22 heavy (non-hydrogen) atoms. The van der Waals surface area contributed by atoms with Crippen molar-refractivity contribution in [3.63, 3.8) is 0 Å². The summed E-state index contributed by atoms with van der Waals surface area (Å²) in [5.74, 6) is 0.223. The summed E-state index contributed by atoms with van der Waals surface area (Å²) in [6.45, 7) is 3.03. The second-order valence-corrected chi connectivity index (χ2v) is 7.49. The highest BCUT2D eigenvalue weighted by Gasteiger charge is 2.71. The van der Waals surface area contributed by atoms with E-state index in [-0.39, 0.29) is 11.3 Å². The summed E-state index contributed by atoms with van der Waals surface area (Å²) in [4.78, 5) is 17.6. The number of amides is 1. The van der Waals surface area contributed by atoms with Gasteiger partial charge in [-0.05, 0) is 31.4 Å². The molecule has 0 bridgehead atoms.